The lowest BCUT2D eigenvalue weighted by Crippen LogP contribution is -2.32. The Balaban J connectivity index is 1.80. The van der Waals surface area contributed by atoms with Crippen molar-refractivity contribution >= 4 is 11.3 Å². The molecule has 1 heterocycles. The van der Waals surface area contributed by atoms with E-state index in [2.05, 4.69) is 24.2 Å². The second-order valence-electron chi connectivity index (χ2n) is 5.19. The standard InChI is InChI=1S/C13H22N2OS/c1-9(2)13-15-11(8-17-13)7-16-12-5-3-4-10(14)6-12/h8-10,12H,3-7,14H2,1-2H3. The summed E-state index contributed by atoms with van der Waals surface area (Å²) in [6.07, 6.45) is 4.83. The van der Waals surface area contributed by atoms with Gasteiger partial charge in [-0.05, 0) is 25.7 Å². The smallest absolute Gasteiger partial charge is 0.0954 e. The number of hydrogen-bond acceptors (Lipinski definition) is 4. The molecule has 0 aliphatic heterocycles. The van der Waals surface area contributed by atoms with Gasteiger partial charge in [-0.1, -0.05) is 13.8 Å². The van der Waals surface area contributed by atoms with Gasteiger partial charge in [-0.25, -0.2) is 4.98 Å². The van der Waals surface area contributed by atoms with Crippen LogP contribution in [0.25, 0.3) is 0 Å². The maximum absolute atomic E-state index is 5.94. The van der Waals surface area contributed by atoms with Gasteiger partial charge in [-0.15, -0.1) is 11.3 Å². The predicted octanol–water partition coefficient (Wildman–Crippen LogP) is 3.05. The molecular formula is C13H22N2OS. The Hall–Kier alpha value is -0.450. The van der Waals surface area contributed by atoms with E-state index in [1.807, 2.05) is 0 Å². The van der Waals surface area contributed by atoms with Crippen LogP contribution in [0.2, 0.25) is 0 Å². The van der Waals surface area contributed by atoms with Gasteiger partial charge < -0.3 is 10.5 Å². The fourth-order valence-electron chi connectivity index (χ4n) is 2.19. The molecule has 96 valence electrons. The number of nitrogens with zero attached hydrogens (tertiary/aromatic N) is 1. The van der Waals surface area contributed by atoms with Crippen molar-refractivity contribution in [2.45, 2.75) is 64.2 Å². The van der Waals surface area contributed by atoms with Crippen molar-refractivity contribution in [2.24, 2.45) is 5.73 Å². The first-order valence-corrected chi connectivity index (χ1v) is 7.34. The van der Waals surface area contributed by atoms with Crippen LogP contribution in [-0.2, 0) is 11.3 Å². The first kappa shape index (κ1) is 13.0. The number of thiazole rings is 1. The SMILES string of the molecule is CC(C)c1nc(COC2CCCC(N)C2)cs1. The third-order valence-electron chi connectivity index (χ3n) is 3.20. The zero-order valence-electron chi connectivity index (χ0n) is 10.7. The number of rotatable bonds is 4. The van der Waals surface area contributed by atoms with Crippen LogP contribution < -0.4 is 5.73 Å². The van der Waals surface area contributed by atoms with Gasteiger partial charge in [0.15, 0.2) is 0 Å². The van der Waals surface area contributed by atoms with Crippen molar-refractivity contribution in [2.75, 3.05) is 0 Å². The van der Waals surface area contributed by atoms with Crippen LogP contribution in [0.3, 0.4) is 0 Å². The van der Waals surface area contributed by atoms with Crippen molar-refractivity contribution in [1.82, 2.24) is 4.98 Å². The van der Waals surface area contributed by atoms with Crippen LogP contribution in [0.1, 0.15) is 56.2 Å². The van der Waals surface area contributed by atoms with Crippen LogP contribution in [0, 0.1) is 0 Å². The van der Waals surface area contributed by atoms with E-state index in [0.29, 0.717) is 24.7 Å². The molecule has 1 aromatic rings. The molecule has 1 aliphatic rings. The average Bonchev–Trinajstić information content (AvgIpc) is 2.75. The highest BCUT2D eigenvalue weighted by Gasteiger charge is 2.19. The molecule has 0 saturated heterocycles. The van der Waals surface area contributed by atoms with E-state index >= 15 is 0 Å². The Morgan fingerprint density at radius 2 is 2.35 bits per heavy atom. The fourth-order valence-corrected chi connectivity index (χ4v) is 3.01. The predicted molar refractivity (Wildman–Crippen MR) is 71.2 cm³/mol. The van der Waals surface area contributed by atoms with Gasteiger partial charge in [0.05, 0.1) is 23.4 Å². The first-order valence-electron chi connectivity index (χ1n) is 6.46. The van der Waals surface area contributed by atoms with Crippen LogP contribution in [0.4, 0.5) is 0 Å². The van der Waals surface area contributed by atoms with Gasteiger partial charge in [-0.2, -0.15) is 0 Å². The molecule has 2 atom stereocenters. The molecule has 2 N–H and O–H groups in total. The second kappa shape index (κ2) is 5.94. The molecule has 1 aromatic heterocycles. The van der Waals surface area contributed by atoms with Gasteiger partial charge >= 0.3 is 0 Å². The van der Waals surface area contributed by atoms with E-state index in [4.69, 9.17) is 10.5 Å². The number of hydrogen-bond donors (Lipinski definition) is 1. The monoisotopic (exact) mass is 254 g/mol. The Morgan fingerprint density at radius 1 is 1.53 bits per heavy atom. The summed E-state index contributed by atoms with van der Waals surface area (Å²) in [6, 6.07) is 0.329. The lowest BCUT2D eigenvalue weighted by atomic mass is 9.94. The topological polar surface area (TPSA) is 48.1 Å². The summed E-state index contributed by atoms with van der Waals surface area (Å²) < 4.78 is 5.90. The minimum atomic E-state index is 0.329. The van der Waals surface area contributed by atoms with E-state index in [1.54, 1.807) is 11.3 Å². The molecule has 1 fully saturated rings. The van der Waals surface area contributed by atoms with Crippen molar-refractivity contribution < 1.29 is 4.74 Å². The first-order chi connectivity index (χ1) is 8.15. The van der Waals surface area contributed by atoms with Gasteiger partial charge in [0.1, 0.15) is 0 Å². The highest BCUT2D eigenvalue weighted by Crippen LogP contribution is 2.23. The molecule has 4 heteroatoms. The van der Waals surface area contributed by atoms with Crippen molar-refractivity contribution in [3.63, 3.8) is 0 Å². The van der Waals surface area contributed by atoms with E-state index < -0.39 is 0 Å². The highest BCUT2D eigenvalue weighted by atomic mass is 32.1. The highest BCUT2D eigenvalue weighted by molar-refractivity contribution is 7.09. The molecule has 3 nitrogen and oxygen atoms in total. The maximum atomic E-state index is 5.94. The van der Waals surface area contributed by atoms with Gasteiger partial charge in [0.2, 0.25) is 0 Å². The van der Waals surface area contributed by atoms with Crippen LogP contribution in [0.5, 0.6) is 0 Å². The molecule has 1 aliphatic carbocycles. The molecular weight excluding hydrogens is 232 g/mol. The minimum Gasteiger partial charge on any atom is -0.372 e. The second-order valence-corrected chi connectivity index (χ2v) is 6.08. The van der Waals surface area contributed by atoms with Crippen molar-refractivity contribution in [3.05, 3.63) is 16.1 Å². The van der Waals surface area contributed by atoms with Gasteiger partial charge in [0, 0.05) is 17.3 Å². The average molecular weight is 254 g/mol. The Kier molecular flexibility index (Phi) is 4.54. The molecule has 0 bridgehead atoms. The zero-order valence-corrected chi connectivity index (χ0v) is 11.5. The zero-order chi connectivity index (χ0) is 12.3. The summed E-state index contributed by atoms with van der Waals surface area (Å²) in [7, 11) is 0. The lowest BCUT2D eigenvalue weighted by molar-refractivity contribution is 0.0109. The molecule has 0 spiro atoms. The summed E-state index contributed by atoms with van der Waals surface area (Å²) in [5, 5.41) is 3.31. The number of nitrogens with two attached hydrogens (primary N) is 1. The van der Waals surface area contributed by atoms with E-state index in [1.165, 1.54) is 11.4 Å². The van der Waals surface area contributed by atoms with Crippen molar-refractivity contribution in [1.29, 1.82) is 0 Å². The van der Waals surface area contributed by atoms with Crippen molar-refractivity contribution in [3.8, 4) is 0 Å². The summed E-state index contributed by atoms with van der Waals surface area (Å²) in [4.78, 5) is 4.58. The van der Waals surface area contributed by atoms with Crippen LogP contribution in [0.15, 0.2) is 5.38 Å². The van der Waals surface area contributed by atoms with E-state index in [9.17, 15) is 0 Å². The summed E-state index contributed by atoms with van der Waals surface area (Å²) in [6.45, 7) is 4.98. The number of aromatic nitrogens is 1. The molecule has 2 unspecified atom stereocenters. The molecule has 0 aromatic carbocycles. The van der Waals surface area contributed by atoms with Crippen LogP contribution >= 0.6 is 11.3 Å². The van der Waals surface area contributed by atoms with E-state index in [-0.39, 0.29) is 0 Å². The molecule has 17 heavy (non-hydrogen) atoms. The lowest BCUT2D eigenvalue weighted by Gasteiger charge is -2.26. The molecule has 0 radical (unpaired) electrons. The van der Waals surface area contributed by atoms with Gasteiger partial charge in [-0.3, -0.25) is 0 Å². The normalized spacial score (nSPS) is 25.4. The Bertz CT molecular complexity index is 351. The quantitative estimate of drug-likeness (QED) is 0.898. The summed E-state index contributed by atoms with van der Waals surface area (Å²) >= 11 is 1.73. The van der Waals surface area contributed by atoms with Gasteiger partial charge in [0.25, 0.3) is 0 Å². The third kappa shape index (κ3) is 3.76. The largest absolute Gasteiger partial charge is 0.372 e. The Labute approximate surface area is 107 Å². The summed E-state index contributed by atoms with van der Waals surface area (Å²) in [5.41, 5.74) is 7.01. The number of ether oxygens (including phenoxy) is 1. The summed E-state index contributed by atoms with van der Waals surface area (Å²) in [5.74, 6) is 0.511. The molecule has 0 amide bonds. The Morgan fingerprint density at radius 3 is 3.00 bits per heavy atom. The third-order valence-corrected chi connectivity index (χ3v) is 4.39. The maximum Gasteiger partial charge on any atom is 0.0954 e. The molecule has 2 rings (SSSR count). The fraction of sp³-hybridized carbons (Fsp3) is 0.769. The minimum absolute atomic E-state index is 0.329. The van der Waals surface area contributed by atoms with Crippen LogP contribution in [-0.4, -0.2) is 17.1 Å². The molecule has 1 saturated carbocycles. The van der Waals surface area contributed by atoms with E-state index in [0.717, 1.165) is 25.0 Å².